The van der Waals surface area contributed by atoms with Gasteiger partial charge in [0.25, 0.3) is 0 Å². The molecule has 0 fully saturated rings. The predicted molar refractivity (Wildman–Crippen MR) is 79.6 cm³/mol. The topological polar surface area (TPSA) is 113 Å². The van der Waals surface area contributed by atoms with Crippen molar-refractivity contribution in [3.63, 3.8) is 0 Å². The Kier molecular flexibility index (Phi) is 4.06. The summed E-state index contributed by atoms with van der Waals surface area (Å²) < 4.78 is 22.6. The molecule has 0 saturated heterocycles. The zero-order valence-corrected chi connectivity index (χ0v) is 12.1. The van der Waals surface area contributed by atoms with Gasteiger partial charge in [0, 0.05) is 5.69 Å². The summed E-state index contributed by atoms with van der Waals surface area (Å²) in [6.45, 7) is 1.73. The smallest absolute Gasteiger partial charge is 0.238 e. The number of nitrogens with two attached hydrogens (primary N) is 1. The maximum Gasteiger partial charge on any atom is 0.238 e. The highest BCUT2D eigenvalue weighted by Crippen LogP contribution is 2.34. The number of anilines is 1. The highest BCUT2D eigenvalue weighted by Gasteiger charge is 2.15. The molecule has 0 bridgehead atoms. The third-order valence-corrected chi connectivity index (χ3v) is 3.95. The van der Waals surface area contributed by atoms with E-state index in [-0.39, 0.29) is 16.4 Å². The Hall–Kier alpha value is -2.25. The minimum absolute atomic E-state index is 0.0128. The Morgan fingerprint density at radius 1 is 1.10 bits per heavy atom. The number of hydrogen-bond acceptors (Lipinski definition) is 5. The van der Waals surface area contributed by atoms with Crippen LogP contribution in [-0.4, -0.2) is 18.6 Å². The minimum Gasteiger partial charge on any atom is -0.507 e. The molecule has 0 aliphatic rings. The highest BCUT2D eigenvalue weighted by molar-refractivity contribution is 7.89. The van der Waals surface area contributed by atoms with E-state index in [0.29, 0.717) is 11.3 Å². The molecule has 0 aliphatic carbocycles. The van der Waals surface area contributed by atoms with E-state index in [9.17, 15) is 18.6 Å². The van der Waals surface area contributed by atoms with Gasteiger partial charge in [0.2, 0.25) is 10.0 Å². The summed E-state index contributed by atoms with van der Waals surface area (Å²) in [5, 5.41) is 27.7. The lowest BCUT2D eigenvalue weighted by molar-refractivity contribution is 0.434. The van der Waals surface area contributed by atoms with Crippen LogP contribution in [0.15, 0.2) is 47.4 Å². The van der Waals surface area contributed by atoms with Gasteiger partial charge in [0.05, 0.1) is 16.5 Å². The second-order valence-electron chi connectivity index (χ2n) is 4.65. The molecule has 0 amide bonds. The van der Waals surface area contributed by atoms with Crippen molar-refractivity contribution in [1.82, 2.24) is 0 Å². The van der Waals surface area contributed by atoms with E-state index >= 15 is 0 Å². The number of aromatic hydroxyl groups is 2. The van der Waals surface area contributed by atoms with Gasteiger partial charge in [-0.1, -0.05) is 12.1 Å². The fraction of sp³-hybridized carbons (Fsp3) is 0.143. The summed E-state index contributed by atoms with van der Waals surface area (Å²) in [6.07, 6.45) is 0. The van der Waals surface area contributed by atoms with Gasteiger partial charge in [-0.25, -0.2) is 13.6 Å². The maximum atomic E-state index is 11.3. The summed E-state index contributed by atoms with van der Waals surface area (Å²) in [5.74, 6) is -0.0878. The van der Waals surface area contributed by atoms with Crippen molar-refractivity contribution in [3.05, 3.63) is 48.0 Å². The SMILES string of the molecule is CC(Nc1cccc(S(N)(=O)=O)c1)c1c(O)cccc1O. The Bertz CT molecular complexity index is 739. The predicted octanol–water partition coefficient (Wildman–Crippen LogP) is 1.92. The average Bonchev–Trinajstić information content (AvgIpc) is 2.37. The van der Waals surface area contributed by atoms with Gasteiger partial charge < -0.3 is 15.5 Å². The van der Waals surface area contributed by atoms with Crippen molar-refractivity contribution in [3.8, 4) is 11.5 Å². The first kappa shape index (κ1) is 15.1. The van der Waals surface area contributed by atoms with Crippen LogP contribution in [0.3, 0.4) is 0 Å². The van der Waals surface area contributed by atoms with Gasteiger partial charge in [0.15, 0.2) is 0 Å². The van der Waals surface area contributed by atoms with Crippen molar-refractivity contribution in [1.29, 1.82) is 0 Å². The number of sulfonamides is 1. The number of nitrogens with one attached hydrogen (secondary N) is 1. The van der Waals surface area contributed by atoms with Crippen molar-refractivity contribution < 1.29 is 18.6 Å². The number of hydrogen-bond donors (Lipinski definition) is 4. The lowest BCUT2D eigenvalue weighted by Gasteiger charge is -2.18. The number of benzene rings is 2. The molecule has 2 aromatic carbocycles. The highest BCUT2D eigenvalue weighted by atomic mass is 32.2. The summed E-state index contributed by atoms with van der Waals surface area (Å²) in [6, 6.07) is 10.0. The van der Waals surface area contributed by atoms with Crippen LogP contribution in [0.25, 0.3) is 0 Å². The molecule has 2 rings (SSSR count). The lowest BCUT2D eigenvalue weighted by atomic mass is 10.1. The van der Waals surface area contributed by atoms with Crippen LogP contribution in [0.4, 0.5) is 5.69 Å². The van der Waals surface area contributed by atoms with Gasteiger partial charge in [-0.3, -0.25) is 0 Å². The molecule has 1 atom stereocenters. The van der Waals surface area contributed by atoms with Crippen LogP contribution >= 0.6 is 0 Å². The lowest BCUT2D eigenvalue weighted by Crippen LogP contribution is -2.13. The molecule has 21 heavy (non-hydrogen) atoms. The Morgan fingerprint density at radius 3 is 2.24 bits per heavy atom. The molecule has 2 aromatic rings. The molecule has 0 heterocycles. The average molecular weight is 308 g/mol. The van der Waals surface area contributed by atoms with Crippen molar-refractivity contribution in [2.24, 2.45) is 5.14 Å². The molecule has 6 nitrogen and oxygen atoms in total. The van der Waals surface area contributed by atoms with Crippen LogP contribution in [0, 0.1) is 0 Å². The normalized spacial score (nSPS) is 12.9. The molecule has 0 aliphatic heterocycles. The van der Waals surface area contributed by atoms with Gasteiger partial charge in [-0.2, -0.15) is 0 Å². The van der Waals surface area contributed by atoms with Crippen molar-refractivity contribution in [2.75, 3.05) is 5.32 Å². The summed E-state index contributed by atoms with van der Waals surface area (Å²) >= 11 is 0. The molecule has 0 aromatic heterocycles. The van der Waals surface area contributed by atoms with E-state index in [4.69, 9.17) is 5.14 Å². The van der Waals surface area contributed by atoms with E-state index in [2.05, 4.69) is 5.32 Å². The number of phenolic OH excluding ortho intramolecular Hbond substituents is 2. The third kappa shape index (κ3) is 3.45. The molecule has 0 radical (unpaired) electrons. The summed E-state index contributed by atoms with van der Waals surface area (Å²) in [5.41, 5.74) is 0.843. The maximum absolute atomic E-state index is 11.3. The first-order valence-electron chi connectivity index (χ1n) is 6.19. The van der Waals surface area contributed by atoms with Crippen molar-refractivity contribution >= 4 is 15.7 Å². The Balaban J connectivity index is 2.30. The van der Waals surface area contributed by atoms with Crippen LogP contribution in [0.5, 0.6) is 11.5 Å². The molecule has 112 valence electrons. The molecule has 1 unspecified atom stereocenters. The Labute approximate surface area is 122 Å². The van der Waals surface area contributed by atoms with Crippen molar-refractivity contribution in [2.45, 2.75) is 17.9 Å². The Morgan fingerprint density at radius 2 is 1.67 bits per heavy atom. The third-order valence-electron chi connectivity index (χ3n) is 3.04. The largest absolute Gasteiger partial charge is 0.507 e. The van der Waals surface area contributed by atoms with Gasteiger partial charge in [0.1, 0.15) is 11.5 Å². The number of phenols is 2. The van der Waals surface area contributed by atoms with Gasteiger partial charge >= 0.3 is 0 Å². The van der Waals surface area contributed by atoms with E-state index < -0.39 is 16.1 Å². The molecule has 7 heteroatoms. The summed E-state index contributed by atoms with van der Waals surface area (Å²) in [4.78, 5) is -0.0128. The van der Waals surface area contributed by atoms with E-state index in [0.717, 1.165) is 0 Å². The fourth-order valence-corrected chi connectivity index (χ4v) is 2.63. The molecular formula is C14H16N2O4S. The minimum atomic E-state index is -3.78. The van der Waals surface area contributed by atoms with E-state index in [1.54, 1.807) is 19.1 Å². The zero-order valence-electron chi connectivity index (χ0n) is 11.3. The first-order chi connectivity index (χ1) is 9.79. The summed E-state index contributed by atoms with van der Waals surface area (Å²) in [7, 11) is -3.78. The number of rotatable bonds is 4. The van der Waals surface area contributed by atoms with Crippen LogP contribution < -0.4 is 10.5 Å². The quantitative estimate of drug-likeness (QED) is 0.689. The van der Waals surface area contributed by atoms with Crippen LogP contribution in [-0.2, 0) is 10.0 Å². The van der Waals surface area contributed by atoms with Crippen LogP contribution in [0.2, 0.25) is 0 Å². The van der Waals surface area contributed by atoms with E-state index in [1.807, 2.05) is 0 Å². The second-order valence-corrected chi connectivity index (χ2v) is 6.21. The second kappa shape index (κ2) is 5.63. The number of primary sulfonamides is 1. The molecule has 0 saturated carbocycles. The first-order valence-corrected chi connectivity index (χ1v) is 7.74. The molecule has 0 spiro atoms. The fourth-order valence-electron chi connectivity index (χ4n) is 2.07. The van der Waals surface area contributed by atoms with E-state index in [1.165, 1.54) is 30.3 Å². The molecule has 5 N–H and O–H groups in total. The monoisotopic (exact) mass is 308 g/mol. The van der Waals surface area contributed by atoms with Gasteiger partial charge in [-0.05, 0) is 37.3 Å². The molecular weight excluding hydrogens is 292 g/mol. The van der Waals surface area contributed by atoms with Crippen LogP contribution in [0.1, 0.15) is 18.5 Å². The van der Waals surface area contributed by atoms with Gasteiger partial charge in [-0.15, -0.1) is 0 Å². The zero-order chi connectivity index (χ0) is 15.6. The standard InChI is InChI=1S/C14H16N2O4S/c1-9(14-12(17)6-3-7-13(14)18)16-10-4-2-5-11(8-10)21(15,19)20/h2-9,16-18H,1H3,(H2,15,19,20).